The topological polar surface area (TPSA) is 90.8 Å². The molecule has 0 aliphatic carbocycles. The fraction of sp³-hybridized carbons (Fsp3) is 0.158. The van der Waals surface area contributed by atoms with Gasteiger partial charge in [0.1, 0.15) is 11.6 Å². The van der Waals surface area contributed by atoms with E-state index in [4.69, 9.17) is 4.78 Å². The largest absolute Gasteiger partial charge is 0.440 e. The maximum absolute atomic E-state index is 13.6. The number of anilines is 3. The molecule has 0 fully saturated rings. The Hall–Kier alpha value is -3.00. The van der Waals surface area contributed by atoms with E-state index >= 15 is 0 Å². The first-order chi connectivity index (χ1) is 13.0. The van der Waals surface area contributed by atoms with Gasteiger partial charge in [-0.1, -0.05) is 23.1 Å². The number of aryl methyl sites for hydroxylation is 1. The highest BCUT2D eigenvalue weighted by atomic mass is 32.2. The number of aromatic nitrogens is 2. The van der Waals surface area contributed by atoms with E-state index in [1.165, 1.54) is 6.07 Å². The molecular weight excluding hydrogens is 365 g/mol. The van der Waals surface area contributed by atoms with Gasteiger partial charge in [0.25, 0.3) is 0 Å². The number of halogens is 1. The zero-order chi connectivity index (χ0) is 19.4. The summed E-state index contributed by atoms with van der Waals surface area (Å²) in [4.78, 5) is 9.30. The normalized spacial score (nSPS) is 10.8. The number of rotatable bonds is 6. The van der Waals surface area contributed by atoms with Crippen LogP contribution in [-0.4, -0.2) is 16.5 Å². The van der Waals surface area contributed by atoms with Gasteiger partial charge in [-0.2, -0.15) is 15.6 Å². The van der Waals surface area contributed by atoms with Crippen molar-refractivity contribution in [2.75, 3.05) is 17.2 Å². The summed E-state index contributed by atoms with van der Waals surface area (Å²) < 4.78 is 31.9. The van der Waals surface area contributed by atoms with Gasteiger partial charge in [-0.3, -0.25) is 0 Å². The Morgan fingerprint density at radius 3 is 2.56 bits per heavy atom. The molecule has 8 heteroatoms. The summed E-state index contributed by atoms with van der Waals surface area (Å²) in [5.41, 5.74) is 2.89. The van der Waals surface area contributed by atoms with E-state index in [-0.39, 0.29) is 5.82 Å². The van der Waals surface area contributed by atoms with Crippen molar-refractivity contribution in [2.45, 2.75) is 18.7 Å². The minimum Gasteiger partial charge on any atom is -0.440 e. The van der Waals surface area contributed by atoms with Gasteiger partial charge in [-0.15, -0.1) is 0 Å². The van der Waals surface area contributed by atoms with Crippen LogP contribution in [0.1, 0.15) is 12.5 Å². The highest BCUT2D eigenvalue weighted by molar-refractivity contribution is 7.73. The molecule has 27 heavy (non-hydrogen) atoms. The van der Waals surface area contributed by atoms with Crippen molar-refractivity contribution in [3.63, 3.8) is 0 Å². The molecule has 0 radical (unpaired) electrons. The Balaban J connectivity index is 1.91. The van der Waals surface area contributed by atoms with E-state index in [0.717, 1.165) is 16.8 Å². The van der Waals surface area contributed by atoms with E-state index in [9.17, 15) is 8.60 Å². The minimum atomic E-state index is -1.76. The Kier molecular flexibility index (Phi) is 5.66. The van der Waals surface area contributed by atoms with E-state index in [2.05, 4.69) is 20.6 Å². The third-order valence-corrected chi connectivity index (χ3v) is 4.63. The molecule has 1 aromatic heterocycles. The molecule has 0 saturated heterocycles. The predicted molar refractivity (Wildman–Crippen MR) is 105 cm³/mol. The lowest BCUT2D eigenvalue weighted by Crippen LogP contribution is -2.05. The molecule has 3 aromatic rings. The SMILES string of the molecule is CCNc1nc(Nc2ccc([S-](=N)=O)cc2)ncc1-c1ccc(F)c(C)c1. The number of nitrogens with zero attached hydrogens (tertiary/aromatic N) is 2. The zero-order valence-corrected chi connectivity index (χ0v) is 15.7. The lowest BCUT2D eigenvalue weighted by atomic mass is 10.1. The molecule has 0 unspecified atom stereocenters. The molecule has 140 valence electrons. The Morgan fingerprint density at radius 2 is 1.93 bits per heavy atom. The standard InChI is InChI=1S/C19H19FN5OS/c1-3-22-18-16(13-4-9-17(20)12(2)10-13)11-23-19(25-18)24-14-5-7-15(8-6-14)27(21)26/h4-11,21H,3H2,1-2H3,(H2,22,23,24,25)/q-1. The summed E-state index contributed by atoms with van der Waals surface area (Å²) >= 11 is 0. The van der Waals surface area contributed by atoms with Crippen LogP contribution in [0.3, 0.4) is 0 Å². The second-order valence-corrected chi connectivity index (χ2v) is 6.88. The van der Waals surface area contributed by atoms with Gasteiger partial charge in [-0.05, 0) is 49.2 Å². The average Bonchev–Trinajstić information content (AvgIpc) is 2.65. The summed E-state index contributed by atoms with van der Waals surface area (Å²) in [6.07, 6.45) is 1.69. The number of benzene rings is 2. The molecule has 2 aromatic carbocycles. The maximum Gasteiger partial charge on any atom is 0.229 e. The fourth-order valence-corrected chi connectivity index (χ4v) is 2.94. The smallest absolute Gasteiger partial charge is 0.229 e. The molecule has 0 aliphatic rings. The molecule has 0 amide bonds. The van der Waals surface area contributed by atoms with Gasteiger partial charge in [0.15, 0.2) is 0 Å². The van der Waals surface area contributed by atoms with Crippen LogP contribution in [0.15, 0.2) is 53.6 Å². The van der Waals surface area contributed by atoms with Crippen LogP contribution in [0.25, 0.3) is 11.1 Å². The first kappa shape index (κ1) is 18.8. The Morgan fingerprint density at radius 1 is 1.19 bits per heavy atom. The van der Waals surface area contributed by atoms with Gasteiger partial charge in [0.2, 0.25) is 5.95 Å². The van der Waals surface area contributed by atoms with Crippen LogP contribution >= 0.6 is 0 Å². The second-order valence-electron chi connectivity index (χ2n) is 5.87. The maximum atomic E-state index is 13.6. The molecule has 3 N–H and O–H groups in total. The molecule has 0 saturated carbocycles. The number of nitrogens with one attached hydrogen (secondary N) is 3. The van der Waals surface area contributed by atoms with Crippen molar-refractivity contribution in [1.82, 2.24) is 9.97 Å². The third-order valence-electron chi connectivity index (χ3n) is 3.93. The molecular formula is C19H19FN5OS-. The first-order valence-corrected chi connectivity index (χ1v) is 9.50. The fourth-order valence-electron chi connectivity index (χ4n) is 2.56. The van der Waals surface area contributed by atoms with Crippen molar-refractivity contribution in [3.8, 4) is 11.1 Å². The van der Waals surface area contributed by atoms with E-state index in [1.54, 1.807) is 49.5 Å². The highest BCUT2D eigenvalue weighted by Gasteiger charge is 2.10. The second kappa shape index (κ2) is 8.13. The van der Waals surface area contributed by atoms with Crippen molar-refractivity contribution >= 4 is 28.0 Å². The van der Waals surface area contributed by atoms with Gasteiger partial charge in [0, 0.05) is 24.0 Å². The molecule has 0 spiro atoms. The van der Waals surface area contributed by atoms with Crippen LogP contribution in [0, 0.1) is 17.5 Å². The molecule has 0 bridgehead atoms. The van der Waals surface area contributed by atoms with Crippen molar-refractivity contribution in [3.05, 3.63) is 60.0 Å². The average molecular weight is 384 g/mol. The quantitative estimate of drug-likeness (QED) is 0.529. The van der Waals surface area contributed by atoms with Crippen molar-refractivity contribution < 1.29 is 8.60 Å². The monoisotopic (exact) mass is 384 g/mol. The molecule has 0 aliphatic heterocycles. The predicted octanol–water partition coefficient (Wildman–Crippen LogP) is 4.85. The van der Waals surface area contributed by atoms with Crippen LogP contribution in [0.2, 0.25) is 0 Å². The highest BCUT2D eigenvalue weighted by Crippen LogP contribution is 2.28. The van der Waals surface area contributed by atoms with Crippen LogP contribution < -0.4 is 10.6 Å². The van der Waals surface area contributed by atoms with Crippen LogP contribution in [0.5, 0.6) is 0 Å². The van der Waals surface area contributed by atoms with Crippen molar-refractivity contribution in [1.29, 1.82) is 4.78 Å². The van der Waals surface area contributed by atoms with Gasteiger partial charge >= 0.3 is 0 Å². The lowest BCUT2D eigenvalue weighted by Gasteiger charge is -2.13. The molecule has 0 atom stereocenters. The zero-order valence-electron chi connectivity index (χ0n) is 14.9. The van der Waals surface area contributed by atoms with E-state index in [1.807, 2.05) is 6.92 Å². The number of hydrogen-bond donors (Lipinski definition) is 3. The van der Waals surface area contributed by atoms with Gasteiger partial charge < -0.3 is 19.6 Å². The van der Waals surface area contributed by atoms with Gasteiger partial charge in [-0.25, -0.2) is 9.37 Å². The summed E-state index contributed by atoms with van der Waals surface area (Å²) in [5.74, 6) is 0.790. The van der Waals surface area contributed by atoms with Gasteiger partial charge in [0.05, 0.1) is 0 Å². The Bertz CT molecular complexity index is 1030. The molecule has 1 heterocycles. The van der Waals surface area contributed by atoms with Crippen LogP contribution in [0.4, 0.5) is 21.8 Å². The first-order valence-electron chi connectivity index (χ1n) is 8.35. The summed E-state index contributed by atoms with van der Waals surface area (Å²) in [5, 5.41) is 6.29. The van der Waals surface area contributed by atoms with Crippen molar-refractivity contribution in [2.24, 2.45) is 0 Å². The summed E-state index contributed by atoms with van der Waals surface area (Å²) in [6.45, 7) is 4.36. The lowest BCUT2D eigenvalue weighted by molar-refractivity contribution is 0.599. The van der Waals surface area contributed by atoms with E-state index in [0.29, 0.717) is 28.8 Å². The molecule has 6 nitrogen and oxygen atoms in total. The minimum absolute atomic E-state index is 0.250. The molecule has 3 rings (SSSR count). The summed E-state index contributed by atoms with van der Waals surface area (Å²) in [6, 6.07) is 11.6. The number of hydrogen-bond acceptors (Lipinski definition) is 7. The third kappa shape index (κ3) is 4.40. The summed E-state index contributed by atoms with van der Waals surface area (Å²) in [7, 11) is -1.76. The van der Waals surface area contributed by atoms with Crippen LogP contribution in [-0.2, 0) is 14.8 Å². The van der Waals surface area contributed by atoms with E-state index < -0.39 is 10.6 Å². The Labute approximate surface area is 158 Å².